The van der Waals surface area contributed by atoms with E-state index in [-0.39, 0.29) is 0 Å². The van der Waals surface area contributed by atoms with Gasteiger partial charge in [-0.2, -0.15) is 0 Å². The highest BCUT2D eigenvalue weighted by Crippen LogP contribution is 2.12. The zero-order valence-electron chi connectivity index (χ0n) is 7.20. The van der Waals surface area contributed by atoms with Gasteiger partial charge < -0.3 is 0 Å². The van der Waals surface area contributed by atoms with E-state index < -0.39 is 0 Å². The summed E-state index contributed by atoms with van der Waals surface area (Å²) in [5, 5.41) is 0.428. The van der Waals surface area contributed by atoms with E-state index in [0.29, 0.717) is 5.38 Å². The van der Waals surface area contributed by atoms with Crippen LogP contribution in [0.3, 0.4) is 0 Å². The van der Waals surface area contributed by atoms with Crippen LogP contribution >= 0.6 is 11.6 Å². The standard InChI is InChI=1S/C9H19Cl/c1-3-5-6-7-8-9(10)4-2/h9H,3-8H2,1-2H3/t9-/m1/s1. The molecule has 0 aliphatic rings. The molecule has 1 atom stereocenters. The fraction of sp³-hybridized carbons (Fsp3) is 1.00. The second-order valence-corrected chi connectivity index (χ2v) is 3.47. The Bertz CT molecular complexity index is 61.7. The molecule has 0 nitrogen and oxygen atoms in total. The summed E-state index contributed by atoms with van der Waals surface area (Å²) in [6.45, 7) is 4.38. The summed E-state index contributed by atoms with van der Waals surface area (Å²) in [6.07, 6.45) is 7.69. The number of halogens is 1. The smallest absolute Gasteiger partial charge is 0.0333 e. The van der Waals surface area contributed by atoms with Gasteiger partial charge in [0.1, 0.15) is 0 Å². The van der Waals surface area contributed by atoms with E-state index in [1.165, 1.54) is 32.1 Å². The molecule has 0 amide bonds. The Kier molecular flexibility index (Phi) is 7.61. The van der Waals surface area contributed by atoms with Crippen molar-refractivity contribution in [3.05, 3.63) is 0 Å². The lowest BCUT2D eigenvalue weighted by Crippen LogP contribution is -1.94. The normalized spacial score (nSPS) is 13.5. The lowest BCUT2D eigenvalue weighted by Gasteiger charge is -2.04. The molecule has 0 spiro atoms. The Morgan fingerprint density at radius 3 is 2.30 bits per heavy atom. The van der Waals surface area contributed by atoms with Crippen molar-refractivity contribution < 1.29 is 0 Å². The quantitative estimate of drug-likeness (QED) is 0.410. The summed E-state index contributed by atoms with van der Waals surface area (Å²) in [5.74, 6) is 0. The third-order valence-electron chi connectivity index (χ3n) is 1.81. The molecule has 10 heavy (non-hydrogen) atoms. The molecule has 0 radical (unpaired) electrons. The number of unbranched alkanes of at least 4 members (excludes halogenated alkanes) is 3. The summed E-state index contributed by atoms with van der Waals surface area (Å²) < 4.78 is 0. The molecule has 0 aromatic heterocycles. The SMILES string of the molecule is CCCCCC[C@H](Cl)CC. The van der Waals surface area contributed by atoms with E-state index in [1.54, 1.807) is 0 Å². The van der Waals surface area contributed by atoms with Crippen LogP contribution in [-0.2, 0) is 0 Å². The average molecular weight is 163 g/mol. The van der Waals surface area contributed by atoms with Crippen molar-refractivity contribution in [3.8, 4) is 0 Å². The molecule has 0 saturated heterocycles. The van der Waals surface area contributed by atoms with Crippen molar-refractivity contribution in [2.75, 3.05) is 0 Å². The zero-order chi connectivity index (χ0) is 7.82. The molecule has 0 bridgehead atoms. The minimum Gasteiger partial charge on any atom is -0.123 e. The van der Waals surface area contributed by atoms with Gasteiger partial charge in [-0.15, -0.1) is 11.6 Å². The summed E-state index contributed by atoms with van der Waals surface area (Å²) in [4.78, 5) is 0. The number of hydrogen-bond acceptors (Lipinski definition) is 0. The van der Waals surface area contributed by atoms with Crippen molar-refractivity contribution in [1.29, 1.82) is 0 Å². The lowest BCUT2D eigenvalue weighted by molar-refractivity contribution is 0.607. The van der Waals surface area contributed by atoms with E-state index in [9.17, 15) is 0 Å². The third-order valence-corrected chi connectivity index (χ3v) is 2.34. The van der Waals surface area contributed by atoms with Crippen molar-refractivity contribution in [1.82, 2.24) is 0 Å². The fourth-order valence-corrected chi connectivity index (χ4v) is 1.15. The van der Waals surface area contributed by atoms with Crippen molar-refractivity contribution in [2.45, 2.75) is 57.7 Å². The lowest BCUT2D eigenvalue weighted by atomic mass is 10.1. The van der Waals surface area contributed by atoms with Crippen LogP contribution in [0.15, 0.2) is 0 Å². The van der Waals surface area contributed by atoms with Crippen molar-refractivity contribution in [3.63, 3.8) is 0 Å². The van der Waals surface area contributed by atoms with Gasteiger partial charge >= 0.3 is 0 Å². The number of hydrogen-bond donors (Lipinski definition) is 0. The van der Waals surface area contributed by atoms with Crippen LogP contribution in [0.25, 0.3) is 0 Å². The van der Waals surface area contributed by atoms with Gasteiger partial charge in [0.15, 0.2) is 0 Å². The van der Waals surface area contributed by atoms with E-state index in [2.05, 4.69) is 13.8 Å². The summed E-state index contributed by atoms with van der Waals surface area (Å²) in [7, 11) is 0. The van der Waals surface area contributed by atoms with Gasteiger partial charge in [0.05, 0.1) is 0 Å². The number of rotatable bonds is 6. The Labute approximate surface area is 70.0 Å². The first-order valence-corrected chi connectivity index (χ1v) is 4.89. The minimum absolute atomic E-state index is 0.428. The maximum atomic E-state index is 5.94. The van der Waals surface area contributed by atoms with Crippen LogP contribution in [0, 0.1) is 0 Å². The van der Waals surface area contributed by atoms with Crippen LogP contribution in [0.4, 0.5) is 0 Å². The molecule has 0 aromatic carbocycles. The first-order valence-electron chi connectivity index (χ1n) is 4.45. The summed E-state index contributed by atoms with van der Waals surface area (Å²) >= 11 is 5.94. The maximum absolute atomic E-state index is 5.94. The van der Waals surface area contributed by atoms with E-state index >= 15 is 0 Å². The molecule has 1 heteroatoms. The van der Waals surface area contributed by atoms with Gasteiger partial charge in [-0.25, -0.2) is 0 Å². The largest absolute Gasteiger partial charge is 0.123 e. The second-order valence-electron chi connectivity index (χ2n) is 2.85. The van der Waals surface area contributed by atoms with Gasteiger partial charge in [0.2, 0.25) is 0 Å². The zero-order valence-corrected chi connectivity index (χ0v) is 7.95. The minimum atomic E-state index is 0.428. The molecule has 0 aliphatic carbocycles. The Hall–Kier alpha value is 0.290. The molecular formula is C9H19Cl. The molecule has 0 N–H and O–H groups in total. The van der Waals surface area contributed by atoms with Gasteiger partial charge in [-0.3, -0.25) is 0 Å². The van der Waals surface area contributed by atoms with E-state index in [0.717, 1.165) is 6.42 Å². The van der Waals surface area contributed by atoms with Crippen LogP contribution in [-0.4, -0.2) is 5.38 Å². The molecule has 0 unspecified atom stereocenters. The van der Waals surface area contributed by atoms with Crippen LogP contribution in [0.2, 0.25) is 0 Å². The molecule has 0 aromatic rings. The van der Waals surface area contributed by atoms with Gasteiger partial charge in [0, 0.05) is 5.38 Å². The van der Waals surface area contributed by atoms with Crippen LogP contribution in [0.5, 0.6) is 0 Å². The van der Waals surface area contributed by atoms with Gasteiger partial charge in [-0.05, 0) is 12.8 Å². The van der Waals surface area contributed by atoms with Crippen molar-refractivity contribution >= 4 is 11.6 Å². The highest BCUT2D eigenvalue weighted by molar-refractivity contribution is 6.20. The molecule has 0 heterocycles. The van der Waals surface area contributed by atoms with Gasteiger partial charge in [0.25, 0.3) is 0 Å². The topological polar surface area (TPSA) is 0 Å². The van der Waals surface area contributed by atoms with Crippen LogP contribution < -0.4 is 0 Å². The summed E-state index contributed by atoms with van der Waals surface area (Å²) in [6, 6.07) is 0. The molecule has 0 aliphatic heterocycles. The monoisotopic (exact) mass is 162 g/mol. The van der Waals surface area contributed by atoms with Crippen molar-refractivity contribution in [2.24, 2.45) is 0 Å². The highest BCUT2D eigenvalue weighted by Gasteiger charge is 1.98. The average Bonchev–Trinajstić information content (AvgIpc) is 1.98. The first kappa shape index (κ1) is 10.3. The predicted octanol–water partition coefficient (Wildman–Crippen LogP) is 3.97. The van der Waals surface area contributed by atoms with Gasteiger partial charge in [-0.1, -0.05) is 39.5 Å². The second kappa shape index (κ2) is 7.40. The fourth-order valence-electron chi connectivity index (χ4n) is 0.997. The Morgan fingerprint density at radius 1 is 1.10 bits per heavy atom. The molecular weight excluding hydrogens is 144 g/mol. The van der Waals surface area contributed by atoms with Crippen LogP contribution in [0.1, 0.15) is 52.4 Å². The third kappa shape index (κ3) is 6.41. The number of alkyl halides is 1. The van der Waals surface area contributed by atoms with E-state index in [4.69, 9.17) is 11.6 Å². The molecule has 0 fully saturated rings. The summed E-state index contributed by atoms with van der Waals surface area (Å²) in [5.41, 5.74) is 0. The first-order chi connectivity index (χ1) is 4.81. The Morgan fingerprint density at radius 2 is 1.80 bits per heavy atom. The molecule has 62 valence electrons. The Balaban J connectivity index is 2.89. The molecule has 0 saturated carbocycles. The van der Waals surface area contributed by atoms with E-state index in [1.807, 2.05) is 0 Å². The molecule has 0 rings (SSSR count). The predicted molar refractivity (Wildman–Crippen MR) is 48.7 cm³/mol. The maximum Gasteiger partial charge on any atom is 0.0333 e. The highest BCUT2D eigenvalue weighted by atomic mass is 35.5.